The van der Waals surface area contributed by atoms with Crippen LogP contribution in [0.15, 0.2) is 41.8 Å². The highest BCUT2D eigenvalue weighted by Gasteiger charge is 2.18. The fourth-order valence-corrected chi connectivity index (χ4v) is 2.16. The Hall–Kier alpha value is -3.87. The van der Waals surface area contributed by atoms with E-state index in [4.69, 9.17) is 14.7 Å². The molecule has 0 aromatic carbocycles. The highest BCUT2D eigenvalue weighted by Crippen LogP contribution is 2.15. The van der Waals surface area contributed by atoms with E-state index in [0.29, 0.717) is 5.82 Å². The highest BCUT2D eigenvalue weighted by molar-refractivity contribution is 5.64. The van der Waals surface area contributed by atoms with Crippen molar-refractivity contribution in [3.05, 3.63) is 53.1 Å². The van der Waals surface area contributed by atoms with Crippen molar-refractivity contribution in [2.75, 3.05) is 0 Å². The van der Waals surface area contributed by atoms with E-state index < -0.39 is 11.8 Å². The molecule has 0 aliphatic rings. The van der Waals surface area contributed by atoms with Crippen molar-refractivity contribution < 1.29 is 14.3 Å². The highest BCUT2D eigenvalue weighted by atomic mass is 16.7. The molecule has 0 spiro atoms. The number of nitrogens with zero attached hydrogens (tertiary/aromatic N) is 5. The number of hydrogen-bond acceptors (Lipinski definition) is 7. The first kappa shape index (κ1) is 17.9. The Kier molecular flexibility index (Phi) is 4.51. The monoisotopic (exact) mass is 368 g/mol. The summed E-state index contributed by atoms with van der Waals surface area (Å²) in [5.41, 5.74) is -0.578. The third-order valence-electron chi connectivity index (χ3n) is 3.27. The minimum Gasteiger partial charge on any atom is -0.428 e. The SMILES string of the molecule is CC(C)(C)OC(=O)Oc1ccc(-n2[nH]cc(-n3cnc(C#N)c3)c2=O)nc1. The van der Waals surface area contributed by atoms with Gasteiger partial charge in [0.25, 0.3) is 5.56 Å². The molecule has 0 aliphatic carbocycles. The van der Waals surface area contributed by atoms with Gasteiger partial charge in [-0.1, -0.05) is 0 Å². The number of aromatic nitrogens is 5. The molecule has 3 rings (SSSR count). The molecule has 0 unspecified atom stereocenters. The van der Waals surface area contributed by atoms with Crippen molar-refractivity contribution in [2.24, 2.45) is 0 Å². The molecule has 0 saturated carbocycles. The molecular weight excluding hydrogens is 352 g/mol. The smallest absolute Gasteiger partial charge is 0.428 e. The molecule has 10 heteroatoms. The van der Waals surface area contributed by atoms with Gasteiger partial charge in [0, 0.05) is 12.4 Å². The van der Waals surface area contributed by atoms with Gasteiger partial charge in [0.2, 0.25) is 0 Å². The maximum Gasteiger partial charge on any atom is 0.514 e. The second kappa shape index (κ2) is 6.80. The zero-order chi connectivity index (χ0) is 19.6. The van der Waals surface area contributed by atoms with E-state index in [9.17, 15) is 9.59 Å². The van der Waals surface area contributed by atoms with Crippen molar-refractivity contribution in [3.63, 3.8) is 0 Å². The van der Waals surface area contributed by atoms with E-state index in [1.54, 1.807) is 20.8 Å². The van der Waals surface area contributed by atoms with Crippen LogP contribution in [0.5, 0.6) is 5.75 Å². The van der Waals surface area contributed by atoms with E-state index in [1.165, 1.54) is 46.3 Å². The minimum atomic E-state index is -0.843. The first-order valence-corrected chi connectivity index (χ1v) is 7.89. The van der Waals surface area contributed by atoms with Crippen molar-refractivity contribution in [1.82, 2.24) is 24.3 Å². The van der Waals surface area contributed by atoms with Crippen LogP contribution in [-0.4, -0.2) is 36.1 Å². The van der Waals surface area contributed by atoms with Gasteiger partial charge in [0.15, 0.2) is 17.3 Å². The van der Waals surface area contributed by atoms with E-state index >= 15 is 0 Å². The van der Waals surface area contributed by atoms with Gasteiger partial charge in [0.1, 0.15) is 23.7 Å². The molecule has 0 atom stereocenters. The molecule has 0 aliphatic heterocycles. The third kappa shape index (κ3) is 4.04. The van der Waals surface area contributed by atoms with Gasteiger partial charge in [0.05, 0.1) is 6.20 Å². The first-order valence-electron chi connectivity index (χ1n) is 7.89. The molecular formula is C17H16N6O4. The lowest BCUT2D eigenvalue weighted by atomic mass is 10.2. The number of carbonyl (C=O) groups excluding carboxylic acids is 1. The van der Waals surface area contributed by atoms with Crippen LogP contribution < -0.4 is 10.3 Å². The average molecular weight is 368 g/mol. The quantitative estimate of drug-likeness (QED) is 0.700. The summed E-state index contributed by atoms with van der Waals surface area (Å²) >= 11 is 0. The molecule has 0 saturated heterocycles. The Morgan fingerprint density at radius 1 is 1.30 bits per heavy atom. The second-order valence-electron chi connectivity index (χ2n) is 6.50. The number of carbonyl (C=O) groups is 1. The Morgan fingerprint density at radius 3 is 2.67 bits per heavy atom. The molecule has 0 amide bonds. The van der Waals surface area contributed by atoms with Crippen molar-refractivity contribution in [3.8, 4) is 23.3 Å². The van der Waals surface area contributed by atoms with Crippen molar-refractivity contribution in [2.45, 2.75) is 26.4 Å². The van der Waals surface area contributed by atoms with Crippen LogP contribution in [0, 0.1) is 11.3 Å². The molecule has 10 nitrogen and oxygen atoms in total. The molecule has 3 aromatic heterocycles. The number of aromatic amines is 1. The van der Waals surface area contributed by atoms with E-state index in [2.05, 4.69) is 15.1 Å². The van der Waals surface area contributed by atoms with Crippen LogP contribution >= 0.6 is 0 Å². The summed E-state index contributed by atoms with van der Waals surface area (Å²) in [6.07, 6.45) is 4.75. The molecule has 3 heterocycles. The van der Waals surface area contributed by atoms with Crippen LogP contribution in [0.25, 0.3) is 11.5 Å². The molecule has 138 valence electrons. The van der Waals surface area contributed by atoms with E-state index in [1.807, 2.05) is 6.07 Å². The lowest BCUT2D eigenvalue weighted by molar-refractivity contribution is 0.0205. The largest absolute Gasteiger partial charge is 0.514 e. The van der Waals surface area contributed by atoms with Gasteiger partial charge >= 0.3 is 6.16 Å². The summed E-state index contributed by atoms with van der Waals surface area (Å²) in [6, 6.07) is 4.90. The topological polar surface area (TPSA) is 128 Å². The summed E-state index contributed by atoms with van der Waals surface area (Å²) < 4.78 is 12.7. The zero-order valence-electron chi connectivity index (χ0n) is 14.8. The van der Waals surface area contributed by atoms with E-state index in [0.717, 1.165) is 0 Å². The normalized spacial score (nSPS) is 11.0. The molecule has 3 aromatic rings. The Balaban J connectivity index is 1.79. The Labute approximate surface area is 153 Å². The number of ether oxygens (including phenoxy) is 2. The standard InChI is InChI=1S/C17H16N6O4/c1-17(2,3)27-16(25)26-12-4-5-14(19-7-12)23-15(24)13(8-21-23)22-9-11(6-18)20-10-22/h4-5,7-10,21H,1-3H3. The van der Waals surface area contributed by atoms with Gasteiger partial charge in [-0.05, 0) is 32.9 Å². The maximum absolute atomic E-state index is 12.5. The molecule has 0 fully saturated rings. The molecule has 0 radical (unpaired) electrons. The van der Waals surface area contributed by atoms with Crippen molar-refractivity contribution >= 4 is 6.16 Å². The summed E-state index contributed by atoms with van der Waals surface area (Å²) in [5, 5.41) is 11.6. The van der Waals surface area contributed by atoms with Crippen molar-refractivity contribution in [1.29, 1.82) is 5.26 Å². The predicted octanol–water partition coefficient (Wildman–Crippen LogP) is 1.93. The second-order valence-corrected chi connectivity index (χ2v) is 6.50. The van der Waals surface area contributed by atoms with Gasteiger partial charge < -0.3 is 9.47 Å². The van der Waals surface area contributed by atoms with Crippen LogP contribution in [0.1, 0.15) is 26.5 Å². The number of pyridine rings is 1. The Bertz CT molecular complexity index is 1060. The zero-order valence-corrected chi connectivity index (χ0v) is 14.8. The fraction of sp³-hybridized carbons (Fsp3) is 0.235. The maximum atomic E-state index is 12.5. The molecule has 0 bridgehead atoms. The van der Waals surface area contributed by atoms with Gasteiger partial charge in [-0.3, -0.25) is 14.5 Å². The number of H-pyrrole nitrogens is 1. The average Bonchev–Trinajstić information content (AvgIpc) is 3.20. The molecule has 27 heavy (non-hydrogen) atoms. The van der Waals surface area contributed by atoms with Gasteiger partial charge in [-0.25, -0.2) is 14.8 Å². The number of imidazole rings is 1. The van der Waals surface area contributed by atoms with E-state index in [-0.39, 0.29) is 22.7 Å². The lowest BCUT2D eigenvalue weighted by Gasteiger charge is -2.18. The summed E-state index contributed by atoms with van der Waals surface area (Å²) in [7, 11) is 0. The minimum absolute atomic E-state index is 0.182. The van der Waals surface area contributed by atoms with Gasteiger partial charge in [-0.15, -0.1) is 0 Å². The molecule has 1 N–H and O–H groups in total. The number of rotatable bonds is 3. The third-order valence-corrected chi connectivity index (χ3v) is 3.27. The van der Waals surface area contributed by atoms with Gasteiger partial charge in [-0.2, -0.15) is 9.94 Å². The first-order chi connectivity index (χ1) is 12.8. The van der Waals surface area contributed by atoms with Crippen LogP contribution in [0.2, 0.25) is 0 Å². The summed E-state index contributed by atoms with van der Waals surface area (Å²) in [4.78, 5) is 32.2. The predicted molar refractivity (Wildman–Crippen MR) is 92.9 cm³/mol. The van der Waals surface area contributed by atoms with Crippen LogP contribution in [0.3, 0.4) is 0 Å². The number of hydrogen-bond donors (Lipinski definition) is 1. The van der Waals surface area contributed by atoms with Crippen LogP contribution in [0.4, 0.5) is 4.79 Å². The van der Waals surface area contributed by atoms with Crippen LogP contribution in [-0.2, 0) is 4.74 Å². The lowest BCUT2D eigenvalue weighted by Crippen LogP contribution is -2.26. The number of nitriles is 1. The summed E-state index contributed by atoms with van der Waals surface area (Å²) in [6.45, 7) is 5.18. The fourth-order valence-electron chi connectivity index (χ4n) is 2.16. The summed E-state index contributed by atoms with van der Waals surface area (Å²) in [5.74, 6) is 0.476. The Morgan fingerprint density at radius 2 is 2.07 bits per heavy atom. The number of nitrogens with one attached hydrogen (secondary N) is 1.